The molecule has 2 saturated heterocycles. The van der Waals surface area contributed by atoms with Gasteiger partial charge >= 0.3 is 0 Å². The van der Waals surface area contributed by atoms with Crippen LogP contribution < -0.4 is 0 Å². The van der Waals surface area contributed by atoms with E-state index < -0.39 is 0 Å². The van der Waals surface area contributed by atoms with E-state index in [0.29, 0.717) is 17.9 Å². The molecule has 80 valence electrons. The molecule has 2 heterocycles. The van der Waals surface area contributed by atoms with Crippen molar-refractivity contribution in [1.29, 1.82) is 0 Å². The summed E-state index contributed by atoms with van der Waals surface area (Å²) in [6.45, 7) is 4.81. The molecule has 0 aromatic heterocycles. The van der Waals surface area contributed by atoms with Gasteiger partial charge in [0.25, 0.3) is 0 Å². The number of carbonyl (C=O) groups excluding carboxylic acids is 1. The lowest BCUT2D eigenvalue weighted by Crippen LogP contribution is -2.40. The van der Waals surface area contributed by atoms with Crippen molar-refractivity contribution >= 4 is 5.91 Å². The van der Waals surface area contributed by atoms with E-state index in [1.807, 2.05) is 0 Å². The Hall–Kier alpha value is -0.570. The van der Waals surface area contributed by atoms with Crippen LogP contribution in [0.25, 0.3) is 0 Å². The Morgan fingerprint density at radius 2 is 2.14 bits per heavy atom. The summed E-state index contributed by atoms with van der Waals surface area (Å²) in [5.41, 5.74) is 0. The van der Waals surface area contributed by atoms with Gasteiger partial charge in [0.05, 0.1) is 0 Å². The maximum Gasteiger partial charge on any atom is 0.223 e. The third-order valence-electron chi connectivity index (χ3n) is 3.45. The Bertz CT molecular complexity index is 211. The summed E-state index contributed by atoms with van der Waals surface area (Å²) >= 11 is 0. The van der Waals surface area contributed by atoms with Crippen LogP contribution in [-0.2, 0) is 9.53 Å². The zero-order valence-corrected chi connectivity index (χ0v) is 8.87. The van der Waals surface area contributed by atoms with E-state index >= 15 is 0 Å². The number of nitrogens with zero attached hydrogens (tertiary/aromatic N) is 1. The lowest BCUT2D eigenvalue weighted by atomic mass is 10.1. The minimum Gasteiger partial charge on any atom is -0.381 e. The summed E-state index contributed by atoms with van der Waals surface area (Å²) in [4.78, 5) is 13.8. The van der Waals surface area contributed by atoms with Gasteiger partial charge in [-0.3, -0.25) is 4.79 Å². The number of ether oxygens (including phenoxy) is 1. The van der Waals surface area contributed by atoms with Crippen LogP contribution in [0.3, 0.4) is 0 Å². The standard InChI is InChI=1S/C11H19NO2/c1-2-9-7-11(13)12(8-9)10-3-5-14-6-4-10/h9-10H,2-8H2,1H3/t9-/m0/s1. The molecular weight excluding hydrogens is 178 g/mol. The fourth-order valence-electron chi connectivity index (χ4n) is 2.43. The molecule has 2 aliphatic heterocycles. The van der Waals surface area contributed by atoms with E-state index in [-0.39, 0.29) is 0 Å². The zero-order valence-electron chi connectivity index (χ0n) is 8.87. The Morgan fingerprint density at radius 3 is 2.71 bits per heavy atom. The molecule has 0 aromatic rings. The van der Waals surface area contributed by atoms with Crippen molar-refractivity contribution in [3.63, 3.8) is 0 Å². The zero-order chi connectivity index (χ0) is 9.97. The van der Waals surface area contributed by atoms with E-state index in [4.69, 9.17) is 4.74 Å². The molecule has 3 nitrogen and oxygen atoms in total. The van der Waals surface area contributed by atoms with Crippen molar-refractivity contribution in [2.24, 2.45) is 5.92 Å². The summed E-state index contributed by atoms with van der Waals surface area (Å²) < 4.78 is 5.31. The van der Waals surface area contributed by atoms with Crippen molar-refractivity contribution < 1.29 is 9.53 Å². The molecule has 14 heavy (non-hydrogen) atoms. The highest BCUT2D eigenvalue weighted by molar-refractivity contribution is 5.79. The highest BCUT2D eigenvalue weighted by atomic mass is 16.5. The van der Waals surface area contributed by atoms with Gasteiger partial charge in [-0.25, -0.2) is 0 Å². The number of likely N-dealkylation sites (tertiary alicyclic amines) is 1. The first kappa shape index (κ1) is 9.97. The van der Waals surface area contributed by atoms with Gasteiger partial charge in [-0.2, -0.15) is 0 Å². The first-order valence-electron chi connectivity index (χ1n) is 5.68. The fourth-order valence-corrected chi connectivity index (χ4v) is 2.43. The Labute approximate surface area is 85.4 Å². The highest BCUT2D eigenvalue weighted by Gasteiger charge is 2.33. The maximum atomic E-state index is 11.7. The fraction of sp³-hybridized carbons (Fsp3) is 0.909. The van der Waals surface area contributed by atoms with Crippen molar-refractivity contribution in [1.82, 2.24) is 4.90 Å². The largest absolute Gasteiger partial charge is 0.381 e. The van der Waals surface area contributed by atoms with E-state index in [1.54, 1.807) is 0 Å². The van der Waals surface area contributed by atoms with Crippen LogP contribution in [0.4, 0.5) is 0 Å². The van der Waals surface area contributed by atoms with Crippen LogP contribution in [0.2, 0.25) is 0 Å². The van der Waals surface area contributed by atoms with Crippen LogP contribution in [0, 0.1) is 5.92 Å². The second-order valence-corrected chi connectivity index (χ2v) is 4.37. The SMILES string of the molecule is CC[C@H]1CC(=O)N(C2CCOCC2)C1. The Balaban J connectivity index is 1.93. The van der Waals surface area contributed by atoms with Gasteiger partial charge < -0.3 is 9.64 Å². The molecule has 1 atom stereocenters. The summed E-state index contributed by atoms with van der Waals surface area (Å²) in [5, 5.41) is 0. The maximum absolute atomic E-state index is 11.7. The van der Waals surface area contributed by atoms with E-state index in [9.17, 15) is 4.79 Å². The van der Waals surface area contributed by atoms with Crippen molar-refractivity contribution in [2.75, 3.05) is 19.8 Å². The normalized spacial score (nSPS) is 29.9. The third kappa shape index (κ3) is 1.92. The molecule has 0 saturated carbocycles. The monoisotopic (exact) mass is 197 g/mol. The first-order chi connectivity index (χ1) is 6.81. The van der Waals surface area contributed by atoms with E-state index in [1.165, 1.54) is 0 Å². The Kier molecular flexibility index (Phi) is 3.06. The number of hydrogen-bond donors (Lipinski definition) is 0. The average molecular weight is 197 g/mol. The molecule has 0 N–H and O–H groups in total. The second-order valence-electron chi connectivity index (χ2n) is 4.37. The lowest BCUT2D eigenvalue weighted by molar-refractivity contribution is -0.131. The van der Waals surface area contributed by atoms with Crippen molar-refractivity contribution in [3.05, 3.63) is 0 Å². The highest BCUT2D eigenvalue weighted by Crippen LogP contribution is 2.26. The minimum absolute atomic E-state index is 0.365. The van der Waals surface area contributed by atoms with Gasteiger partial charge in [0.15, 0.2) is 0 Å². The van der Waals surface area contributed by atoms with Gasteiger partial charge in [-0.1, -0.05) is 13.3 Å². The smallest absolute Gasteiger partial charge is 0.223 e. The van der Waals surface area contributed by atoms with Gasteiger partial charge in [0, 0.05) is 32.2 Å². The minimum atomic E-state index is 0.365. The molecule has 2 aliphatic rings. The molecule has 0 spiro atoms. The summed E-state index contributed by atoms with van der Waals surface area (Å²) in [6, 6.07) is 0.466. The summed E-state index contributed by atoms with van der Waals surface area (Å²) in [6.07, 6.45) is 3.96. The summed E-state index contributed by atoms with van der Waals surface area (Å²) in [7, 11) is 0. The average Bonchev–Trinajstić information content (AvgIpc) is 2.61. The lowest BCUT2D eigenvalue weighted by Gasteiger charge is -2.31. The topological polar surface area (TPSA) is 29.5 Å². The molecule has 0 aromatic carbocycles. The van der Waals surface area contributed by atoms with Crippen LogP contribution in [0.5, 0.6) is 0 Å². The molecular formula is C11H19NO2. The van der Waals surface area contributed by atoms with Crippen LogP contribution in [0.1, 0.15) is 32.6 Å². The van der Waals surface area contributed by atoms with Crippen molar-refractivity contribution in [3.8, 4) is 0 Å². The van der Waals surface area contributed by atoms with Crippen LogP contribution in [-0.4, -0.2) is 36.6 Å². The predicted octanol–water partition coefficient (Wildman–Crippen LogP) is 1.42. The number of rotatable bonds is 2. The summed E-state index contributed by atoms with van der Waals surface area (Å²) in [5.74, 6) is 0.967. The van der Waals surface area contributed by atoms with Gasteiger partial charge in [-0.15, -0.1) is 0 Å². The molecule has 0 radical (unpaired) electrons. The van der Waals surface area contributed by atoms with Crippen molar-refractivity contribution in [2.45, 2.75) is 38.6 Å². The van der Waals surface area contributed by atoms with E-state index in [0.717, 1.165) is 45.4 Å². The van der Waals surface area contributed by atoms with E-state index in [2.05, 4.69) is 11.8 Å². The number of amides is 1. The quantitative estimate of drug-likeness (QED) is 0.670. The molecule has 0 bridgehead atoms. The van der Waals surface area contributed by atoms with Crippen LogP contribution in [0.15, 0.2) is 0 Å². The van der Waals surface area contributed by atoms with Crippen LogP contribution >= 0.6 is 0 Å². The molecule has 2 rings (SSSR count). The molecule has 0 aliphatic carbocycles. The first-order valence-corrected chi connectivity index (χ1v) is 5.68. The molecule has 0 unspecified atom stereocenters. The number of carbonyl (C=O) groups is 1. The number of hydrogen-bond acceptors (Lipinski definition) is 2. The van der Waals surface area contributed by atoms with Gasteiger partial charge in [0.1, 0.15) is 0 Å². The molecule has 2 fully saturated rings. The molecule has 3 heteroatoms. The molecule has 1 amide bonds. The van der Waals surface area contributed by atoms with Gasteiger partial charge in [0.2, 0.25) is 5.91 Å². The predicted molar refractivity (Wildman–Crippen MR) is 54.0 cm³/mol. The van der Waals surface area contributed by atoms with Gasteiger partial charge in [-0.05, 0) is 18.8 Å². The Morgan fingerprint density at radius 1 is 1.43 bits per heavy atom. The second kappa shape index (κ2) is 4.30. The third-order valence-corrected chi connectivity index (χ3v) is 3.45.